The summed E-state index contributed by atoms with van der Waals surface area (Å²) in [5.41, 5.74) is 0.101. The highest BCUT2D eigenvalue weighted by molar-refractivity contribution is 7.89. The molecule has 11 heteroatoms. The summed E-state index contributed by atoms with van der Waals surface area (Å²) in [4.78, 5) is 18.6. The van der Waals surface area contributed by atoms with Crippen LogP contribution in [0.4, 0.5) is 4.79 Å². The van der Waals surface area contributed by atoms with Crippen molar-refractivity contribution in [2.75, 3.05) is 20.8 Å². The molecule has 0 spiro atoms. The number of amides is 1. The van der Waals surface area contributed by atoms with Crippen molar-refractivity contribution < 1.29 is 37.4 Å². The number of aliphatic hydroxyl groups excluding tert-OH is 1. The van der Waals surface area contributed by atoms with Gasteiger partial charge in [0.25, 0.3) is 10.0 Å². The normalized spacial score (nSPS) is 16.1. The first-order valence-electron chi connectivity index (χ1n) is 13.1. The third kappa shape index (κ3) is 8.82. The number of ether oxygens (including phenoxy) is 3. The van der Waals surface area contributed by atoms with Gasteiger partial charge in [0, 0.05) is 6.07 Å². The van der Waals surface area contributed by atoms with E-state index >= 15 is 0 Å². The highest BCUT2D eigenvalue weighted by Gasteiger charge is 2.35. The number of carbonyl (C=O) groups is 1. The standard InChI is InChI=1S/C28H40N2O8S/c1-28(2,3)37-27(32)29-23(17-20-11-7-6-8-12-20)24(31)19-30(38-21-13-9-10-14-21)39(33,34)22-15-16-25(35-4)26(18-22)36-5/h6-8,11-12,15-16,18,21,23-24,31H,9-10,13-14,17,19H2,1-5H3,(H,29,32). The Morgan fingerprint density at radius 3 is 2.28 bits per heavy atom. The Hall–Kier alpha value is -2.86. The Labute approximate surface area is 231 Å². The second kappa shape index (κ2) is 13.5. The van der Waals surface area contributed by atoms with Crippen molar-refractivity contribution in [2.24, 2.45) is 0 Å². The SMILES string of the molecule is COc1ccc(S(=O)(=O)N(CC(O)C(Cc2ccccc2)NC(=O)OC(C)(C)C)OC2CCCC2)cc1OC. The molecule has 1 aliphatic rings. The number of nitrogens with zero attached hydrogens (tertiary/aromatic N) is 1. The topological polar surface area (TPSA) is 124 Å². The summed E-state index contributed by atoms with van der Waals surface area (Å²) in [5.74, 6) is 0.623. The van der Waals surface area contributed by atoms with Crippen molar-refractivity contribution in [3.05, 3.63) is 54.1 Å². The number of hydroxylamine groups is 1. The van der Waals surface area contributed by atoms with E-state index < -0.39 is 40.4 Å². The molecule has 1 saturated carbocycles. The van der Waals surface area contributed by atoms with Gasteiger partial charge in [-0.2, -0.15) is 0 Å². The van der Waals surface area contributed by atoms with Crippen LogP contribution >= 0.6 is 0 Å². The van der Waals surface area contributed by atoms with Crippen LogP contribution in [0.2, 0.25) is 0 Å². The number of hydrogen-bond acceptors (Lipinski definition) is 8. The second-order valence-electron chi connectivity index (χ2n) is 10.5. The summed E-state index contributed by atoms with van der Waals surface area (Å²) >= 11 is 0. The van der Waals surface area contributed by atoms with E-state index in [4.69, 9.17) is 19.0 Å². The molecule has 2 atom stereocenters. The largest absolute Gasteiger partial charge is 0.493 e. The number of nitrogens with one attached hydrogen (secondary N) is 1. The zero-order chi connectivity index (χ0) is 28.6. The van der Waals surface area contributed by atoms with E-state index in [9.17, 15) is 18.3 Å². The van der Waals surface area contributed by atoms with E-state index in [1.54, 1.807) is 20.8 Å². The molecule has 0 aliphatic heterocycles. The second-order valence-corrected chi connectivity index (χ2v) is 12.4. The Kier molecular flexibility index (Phi) is 10.6. The van der Waals surface area contributed by atoms with Gasteiger partial charge in [0.1, 0.15) is 5.60 Å². The molecule has 39 heavy (non-hydrogen) atoms. The highest BCUT2D eigenvalue weighted by Crippen LogP contribution is 2.32. The quantitative estimate of drug-likeness (QED) is 0.370. The first-order valence-corrected chi connectivity index (χ1v) is 14.5. The number of rotatable bonds is 12. The molecule has 2 unspecified atom stereocenters. The predicted octanol–water partition coefficient (Wildman–Crippen LogP) is 4.07. The Morgan fingerprint density at radius 1 is 1.05 bits per heavy atom. The lowest BCUT2D eigenvalue weighted by Gasteiger charge is -2.31. The van der Waals surface area contributed by atoms with Gasteiger partial charge in [0.15, 0.2) is 11.5 Å². The fourth-order valence-corrected chi connectivity index (χ4v) is 5.66. The molecule has 10 nitrogen and oxygen atoms in total. The van der Waals surface area contributed by atoms with Crippen LogP contribution in [0.25, 0.3) is 0 Å². The van der Waals surface area contributed by atoms with Crippen molar-refractivity contribution in [1.29, 1.82) is 0 Å². The monoisotopic (exact) mass is 564 g/mol. The molecule has 0 heterocycles. The molecule has 0 saturated heterocycles. The van der Waals surface area contributed by atoms with Crippen LogP contribution in [0, 0.1) is 0 Å². The predicted molar refractivity (Wildman–Crippen MR) is 146 cm³/mol. The molecule has 3 rings (SSSR count). The van der Waals surface area contributed by atoms with E-state index in [1.807, 2.05) is 30.3 Å². The van der Waals surface area contributed by atoms with Crippen molar-refractivity contribution in [1.82, 2.24) is 9.79 Å². The number of alkyl carbamates (subject to hydrolysis) is 1. The number of benzene rings is 2. The zero-order valence-electron chi connectivity index (χ0n) is 23.3. The maximum Gasteiger partial charge on any atom is 0.407 e. The number of hydrogen-bond donors (Lipinski definition) is 2. The summed E-state index contributed by atoms with van der Waals surface area (Å²) in [6.07, 6.45) is 1.16. The first-order chi connectivity index (χ1) is 18.4. The van der Waals surface area contributed by atoms with Gasteiger partial charge in [-0.3, -0.25) is 4.84 Å². The minimum absolute atomic E-state index is 0.0787. The molecule has 0 bridgehead atoms. The van der Waals surface area contributed by atoms with Gasteiger partial charge < -0.3 is 24.6 Å². The molecule has 0 aromatic heterocycles. The van der Waals surface area contributed by atoms with Gasteiger partial charge in [0.05, 0.1) is 43.9 Å². The molecule has 2 aromatic carbocycles. The van der Waals surface area contributed by atoms with Gasteiger partial charge >= 0.3 is 6.09 Å². The Bertz CT molecular complexity index is 1180. The average Bonchev–Trinajstić information content (AvgIpc) is 3.40. The van der Waals surface area contributed by atoms with Crippen LogP contribution in [0.1, 0.15) is 52.0 Å². The average molecular weight is 565 g/mol. The number of methoxy groups -OCH3 is 2. The summed E-state index contributed by atoms with van der Waals surface area (Å²) < 4.78 is 44.4. The van der Waals surface area contributed by atoms with Gasteiger partial charge in [0.2, 0.25) is 0 Å². The van der Waals surface area contributed by atoms with Gasteiger partial charge in [-0.1, -0.05) is 47.6 Å². The molecule has 0 radical (unpaired) electrons. The van der Waals surface area contributed by atoms with Crippen LogP contribution in [0.15, 0.2) is 53.4 Å². The fraction of sp³-hybridized carbons (Fsp3) is 0.536. The van der Waals surface area contributed by atoms with Crippen LogP contribution in [-0.4, -0.2) is 68.7 Å². The smallest absolute Gasteiger partial charge is 0.407 e. The molecule has 1 amide bonds. The van der Waals surface area contributed by atoms with Gasteiger partial charge in [-0.05, 0) is 57.7 Å². The Morgan fingerprint density at radius 2 is 1.69 bits per heavy atom. The third-order valence-corrected chi connectivity index (χ3v) is 7.91. The van der Waals surface area contributed by atoms with Crippen LogP contribution in [0.5, 0.6) is 11.5 Å². The van der Waals surface area contributed by atoms with E-state index in [0.29, 0.717) is 18.6 Å². The first kappa shape index (κ1) is 30.7. The minimum Gasteiger partial charge on any atom is -0.493 e. The summed E-state index contributed by atoms with van der Waals surface area (Å²) in [6.45, 7) is 4.80. The summed E-state index contributed by atoms with van der Waals surface area (Å²) in [5, 5.41) is 14.1. The van der Waals surface area contributed by atoms with Crippen molar-refractivity contribution in [3.8, 4) is 11.5 Å². The Balaban J connectivity index is 1.91. The van der Waals surface area contributed by atoms with Crippen molar-refractivity contribution in [3.63, 3.8) is 0 Å². The van der Waals surface area contributed by atoms with E-state index in [1.165, 1.54) is 32.4 Å². The lowest BCUT2D eigenvalue weighted by atomic mass is 10.0. The van der Waals surface area contributed by atoms with Gasteiger partial charge in [-0.25, -0.2) is 13.2 Å². The van der Waals surface area contributed by atoms with Crippen LogP contribution in [-0.2, 0) is 26.0 Å². The maximum absolute atomic E-state index is 13.8. The molecular weight excluding hydrogens is 524 g/mol. The number of sulfonamides is 1. The van der Waals surface area contributed by atoms with Gasteiger partial charge in [-0.15, -0.1) is 0 Å². The molecule has 1 aliphatic carbocycles. The molecule has 216 valence electrons. The summed E-state index contributed by atoms with van der Waals surface area (Å²) in [7, 11) is -1.35. The van der Waals surface area contributed by atoms with E-state index in [0.717, 1.165) is 22.9 Å². The van der Waals surface area contributed by atoms with E-state index in [2.05, 4.69) is 5.32 Å². The lowest BCUT2D eigenvalue weighted by Crippen LogP contribution is -2.51. The lowest BCUT2D eigenvalue weighted by molar-refractivity contribution is -0.145. The maximum atomic E-state index is 13.8. The zero-order valence-corrected chi connectivity index (χ0v) is 24.1. The number of aliphatic hydroxyl groups is 1. The van der Waals surface area contributed by atoms with Crippen molar-refractivity contribution in [2.45, 2.75) is 81.6 Å². The highest BCUT2D eigenvalue weighted by atomic mass is 32.2. The van der Waals surface area contributed by atoms with Crippen molar-refractivity contribution >= 4 is 16.1 Å². The summed E-state index contributed by atoms with van der Waals surface area (Å²) in [6, 6.07) is 12.7. The molecule has 2 aromatic rings. The van der Waals surface area contributed by atoms with Crippen LogP contribution in [0.3, 0.4) is 0 Å². The number of carbonyl (C=O) groups excluding carboxylic acids is 1. The molecule has 1 fully saturated rings. The third-order valence-electron chi connectivity index (χ3n) is 6.29. The minimum atomic E-state index is -4.23. The fourth-order valence-electron chi connectivity index (χ4n) is 4.34. The molecule has 2 N–H and O–H groups in total. The van der Waals surface area contributed by atoms with Crippen LogP contribution < -0.4 is 14.8 Å². The van der Waals surface area contributed by atoms with E-state index in [-0.39, 0.29) is 23.2 Å². The molecular formula is C28H40N2O8S.